The van der Waals surface area contributed by atoms with E-state index in [1.165, 1.54) is 0 Å². The van der Waals surface area contributed by atoms with Crippen molar-refractivity contribution in [3.8, 4) is 16.9 Å². The van der Waals surface area contributed by atoms with E-state index in [4.69, 9.17) is 0 Å². The molecule has 34 heavy (non-hydrogen) atoms. The average molecular weight is 488 g/mol. The zero-order chi connectivity index (χ0) is 23.4. The summed E-state index contributed by atoms with van der Waals surface area (Å²) in [6, 6.07) is 5.61. The molecule has 0 fully saturated rings. The standard InChI is InChI=1S/C23H17F3N4O3.H2S/c1-11-8-29-9-12(4-14(29)7-27-11)20-18(26)6-15-21(31)16(23(32)33)10-30(22(15)28-20)19-3-2-13(24)5-17(19)25;/h2-6,9-11,27H,7-8H2,1H3,(H,32,33);1H2/t11-;/m0./s1. The minimum absolute atomic E-state index is 0. The zero-order valence-electron chi connectivity index (χ0n) is 17.8. The van der Waals surface area contributed by atoms with Crippen LogP contribution in [-0.4, -0.2) is 31.2 Å². The van der Waals surface area contributed by atoms with Gasteiger partial charge in [0.1, 0.15) is 34.4 Å². The molecule has 1 aliphatic heterocycles. The van der Waals surface area contributed by atoms with Crippen LogP contribution in [0.4, 0.5) is 13.2 Å². The van der Waals surface area contributed by atoms with Crippen molar-refractivity contribution in [3.05, 3.63) is 81.7 Å². The molecule has 0 saturated carbocycles. The zero-order valence-corrected chi connectivity index (χ0v) is 18.8. The van der Waals surface area contributed by atoms with E-state index in [1.807, 2.05) is 11.5 Å². The van der Waals surface area contributed by atoms with Gasteiger partial charge in [-0.3, -0.25) is 9.36 Å². The molecule has 11 heteroatoms. The fourth-order valence-electron chi connectivity index (χ4n) is 4.08. The molecule has 1 atom stereocenters. The van der Waals surface area contributed by atoms with Gasteiger partial charge in [0.15, 0.2) is 0 Å². The molecule has 0 spiro atoms. The van der Waals surface area contributed by atoms with Crippen molar-refractivity contribution >= 4 is 30.5 Å². The van der Waals surface area contributed by atoms with Crippen LogP contribution in [0.1, 0.15) is 23.0 Å². The Labute approximate surface area is 197 Å². The summed E-state index contributed by atoms with van der Waals surface area (Å²) in [4.78, 5) is 28.6. The number of rotatable bonds is 3. The Bertz CT molecular complexity index is 1520. The first-order chi connectivity index (χ1) is 15.7. The number of pyridine rings is 2. The monoisotopic (exact) mass is 488 g/mol. The fourth-order valence-corrected chi connectivity index (χ4v) is 4.08. The average Bonchev–Trinajstić information content (AvgIpc) is 3.17. The number of carbonyl (C=O) groups is 1. The van der Waals surface area contributed by atoms with Gasteiger partial charge in [-0.25, -0.2) is 22.9 Å². The number of carboxylic acid groups (broad SMARTS) is 1. The number of nitrogens with zero attached hydrogens (tertiary/aromatic N) is 3. The van der Waals surface area contributed by atoms with Crippen molar-refractivity contribution < 1.29 is 23.1 Å². The summed E-state index contributed by atoms with van der Waals surface area (Å²) in [7, 11) is 0. The van der Waals surface area contributed by atoms with Crippen LogP contribution >= 0.6 is 13.5 Å². The van der Waals surface area contributed by atoms with Crippen LogP contribution in [0.2, 0.25) is 0 Å². The maximum Gasteiger partial charge on any atom is 0.341 e. The van der Waals surface area contributed by atoms with Gasteiger partial charge in [-0.15, -0.1) is 0 Å². The van der Waals surface area contributed by atoms with Gasteiger partial charge in [0.25, 0.3) is 0 Å². The molecule has 0 amide bonds. The Hall–Kier alpha value is -3.57. The van der Waals surface area contributed by atoms with Crippen LogP contribution in [0.25, 0.3) is 28.0 Å². The third kappa shape index (κ3) is 3.86. The van der Waals surface area contributed by atoms with Gasteiger partial charge in [0.05, 0.1) is 11.1 Å². The number of aromatic carboxylic acids is 1. The molecule has 0 radical (unpaired) electrons. The van der Waals surface area contributed by atoms with Crippen molar-refractivity contribution in [2.45, 2.75) is 26.1 Å². The van der Waals surface area contributed by atoms with E-state index in [2.05, 4.69) is 10.3 Å². The Kier molecular flexibility index (Phi) is 6.00. The number of benzene rings is 1. The lowest BCUT2D eigenvalue weighted by Crippen LogP contribution is -2.35. The molecule has 0 bridgehead atoms. The predicted molar refractivity (Wildman–Crippen MR) is 124 cm³/mol. The SMILES string of the molecule is C[C@H]1Cn2cc(-c3nc4c(cc3F)c(=O)c(C(=O)O)cn4-c3ccc(F)cc3F)cc2CN1.S. The largest absolute Gasteiger partial charge is 0.477 e. The van der Waals surface area contributed by atoms with E-state index in [9.17, 15) is 23.5 Å². The lowest BCUT2D eigenvalue weighted by molar-refractivity contribution is 0.0695. The van der Waals surface area contributed by atoms with Gasteiger partial charge in [0.2, 0.25) is 5.43 Å². The normalized spacial score (nSPS) is 15.1. The molecule has 4 aromatic rings. The molecule has 4 heterocycles. The summed E-state index contributed by atoms with van der Waals surface area (Å²) in [6.07, 6.45) is 2.66. The second-order valence-electron chi connectivity index (χ2n) is 7.99. The summed E-state index contributed by atoms with van der Waals surface area (Å²) >= 11 is 0. The summed E-state index contributed by atoms with van der Waals surface area (Å²) in [6.45, 7) is 3.29. The van der Waals surface area contributed by atoms with Crippen LogP contribution in [0.3, 0.4) is 0 Å². The van der Waals surface area contributed by atoms with Crippen LogP contribution < -0.4 is 10.7 Å². The van der Waals surface area contributed by atoms with Crippen LogP contribution in [0.15, 0.2) is 47.5 Å². The first kappa shape index (κ1) is 23.6. The van der Waals surface area contributed by atoms with Gasteiger partial charge < -0.3 is 15.0 Å². The number of hydrogen-bond donors (Lipinski definition) is 2. The van der Waals surface area contributed by atoms with Gasteiger partial charge in [-0.1, -0.05) is 0 Å². The molecule has 0 saturated heterocycles. The minimum Gasteiger partial charge on any atom is -0.477 e. The van der Waals surface area contributed by atoms with E-state index in [-0.39, 0.29) is 42.0 Å². The highest BCUT2D eigenvalue weighted by atomic mass is 32.1. The number of nitrogens with one attached hydrogen (secondary N) is 1. The van der Waals surface area contributed by atoms with Crippen molar-refractivity contribution in [1.29, 1.82) is 0 Å². The van der Waals surface area contributed by atoms with Gasteiger partial charge in [-0.2, -0.15) is 13.5 Å². The van der Waals surface area contributed by atoms with Gasteiger partial charge in [-0.05, 0) is 31.2 Å². The van der Waals surface area contributed by atoms with E-state index >= 15 is 4.39 Å². The molecule has 1 aliphatic rings. The predicted octanol–water partition coefficient (Wildman–Crippen LogP) is 3.57. The Morgan fingerprint density at radius 1 is 1.15 bits per heavy atom. The molecule has 0 unspecified atom stereocenters. The number of carboxylic acids is 1. The molecule has 0 aliphatic carbocycles. The van der Waals surface area contributed by atoms with Crippen LogP contribution in [-0.2, 0) is 13.1 Å². The summed E-state index contributed by atoms with van der Waals surface area (Å²) in [5, 5.41) is 12.4. The Morgan fingerprint density at radius 2 is 1.91 bits per heavy atom. The molecule has 7 nitrogen and oxygen atoms in total. The Balaban J connectivity index is 0.00000274. The molecule has 1 aromatic carbocycles. The number of halogens is 3. The third-order valence-electron chi connectivity index (χ3n) is 5.69. The second kappa shape index (κ2) is 8.65. The van der Waals surface area contributed by atoms with Crippen LogP contribution in [0, 0.1) is 17.5 Å². The van der Waals surface area contributed by atoms with E-state index in [1.54, 1.807) is 12.3 Å². The molecular formula is C23H19F3N4O3S. The maximum absolute atomic E-state index is 15.1. The van der Waals surface area contributed by atoms with Crippen molar-refractivity contribution in [1.82, 2.24) is 19.4 Å². The second-order valence-corrected chi connectivity index (χ2v) is 7.99. The highest BCUT2D eigenvalue weighted by Gasteiger charge is 2.23. The highest BCUT2D eigenvalue weighted by molar-refractivity contribution is 7.59. The lowest BCUT2D eigenvalue weighted by atomic mass is 10.1. The summed E-state index contributed by atoms with van der Waals surface area (Å²) < 4.78 is 46.2. The van der Waals surface area contributed by atoms with E-state index in [0.717, 1.165) is 34.7 Å². The summed E-state index contributed by atoms with van der Waals surface area (Å²) in [5.41, 5.74) is -0.724. The molecule has 3 aromatic heterocycles. The van der Waals surface area contributed by atoms with Crippen molar-refractivity contribution in [2.75, 3.05) is 0 Å². The lowest BCUT2D eigenvalue weighted by Gasteiger charge is -2.22. The fraction of sp³-hybridized carbons (Fsp3) is 0.174. The van der Waals surface area contributed by atoms with Crippen LogP contribution in [0.5, 0.6) is 0 Å². The molecule has 2 N–H and O–H groups in total. The first-order valence-corrected chi connectivity index (χ1v) is 10.1. The van der Waals surface area contributed by atoms with Gasteiger partial charge in [0, 0.05) is 48.8 Å². The Morgan fingerprint density at radius 3 is 2.62 bits per heavy atom. The third-order valence-corrected chi connectivity index (χ3v) is 5.69. The van der Waals surface area contributed by atoms with Crippen molar-refractivity contribution in [3.63, 3.8) is 0 Å². The number of hydrogen-bond acceptors (Lipinski definition) is 4. The number of fused-ring (bicyclic) bond motifs is 2. The quantitative estimate of drug-likeness (QED) is 0.460. The number of aromatic nitrogens is 3. The topological polar surface area (TPSA) is 89.2 Å². The van der Waals surface area contributed by atoms with Crippen molar-refractivity contribution in [2.24, 2.45) is 0 Å². The molecule has 5 rings (SSSR count). The van der Waals surface area contributed by atoms with E-state index in [0.29, 0.717) is 24.7 Å². The first-order valence-electron chi connectivity index (χ1n) is 10.1. The van der Waals surface area contributed by atoms with Gasteiger partial charge >= 0.3 is 5.97 Å². The maximum atomic E-state index is 15.1. The smallest absolute Gasteiger partial charge is 0.341 e. The molecule has 176 valence electrons. The minimum atomic E-state index is -1.57. The molecular weight excluding hydrogens is 469 g/mol. The highest BCUT2D eigenvalue weighted by Crippen LogP contribution is 2.28. The van der Waals surface area contributed by atoms with E-state index < -0.39 is 34.4 Å². The summed E-state index contributed by atoms with van der Waals surface area (Å²) in [5.74, 6) is -4.22.